The van der Waals surface area contributed by atoms with E-state index in [4.69, 9.17) is 4.74 Å². The topological polar surface area (TPSA) is 110 Å². The second-order valence-corrected chi connectivity index (χ2v) is 8.18. The van der Waals surface area contributed by atoms with E-state index in [9.17, 15) is 13.2 Å². The van der Waals surface area contributed by atoms with Crippen molar-refractivity contribution in [1.82, 2.24) is 14.1 Å². The summed E-state index contributed by atoms with van der Waals surface area (Å²) in [7, 11) is -2.15. The first-order chi connectivity index (χ1) is 13.5. The van der Waals surface area contributed by atoms with E-state index in [0.717, 1.165) is 17.1 Å². The number of sulfonamides is 1. The molecule has 2 N–H and O–H groups in total. The van der Waals surface area contributed by atoms with Crippen LogP contribution in [0.4, 0.5) is 5.13 Å². The molecule has 0 aliphatic heterocycles. The first kappa shape index (κ1) is 20.1. The van der Waals surface area contributed by atoms with Gasteiger partial charge in [-0.25, -0.2) is 13.1 Å². The molecular formula is C18H18N4O4S2. The summed E-state index contributed by atoms with van der Waals surface area (Å²) in [6.07, 6.45) is 0. The molecule has 0 saturated carbocycles. The van der Waals surface area contributed by atoms with E-state index in [1.54, 1.807) is 0 Å². The number of nitrogens with one attached hydrogen (secondary N) is 2. The van der Waals surface area contributed by atoms with Crippen LogP contribution in [0.15, 0.2) is 59.5 Å². The molecule has 0 unspecified atom stereocenters. The molecule has 0 atom stereocenters. The zero-order valence-corrected chi connectivity index (χ0v) is 16.6. The highest BCUT2D eigenvalue weighted by Gasteiger charge is 2.15. The predicted octanol–water partition coefficient (Wildman–Crippen LogP) is 2.38. The molecule has 0 radical (unpaired) electrons. The van der Waals surface area contributed by atoms with Crippen molar-refractivity contribution in [1.29, 1.82) is 0 Å². The summed E-state index contributed by atoms with van der Waals surface area (Å²) in [4.78, 5) is 16.8. The van der Waals surface area contributed by atoms with E-state index in [1.165, 1.54) is 31.4 Å². The van der Waals surface area contributed by atoms with Gasteiger partial charge in [0.1, 0.15) is 0 Å². The monoisotopic (exact) mass is 418 g/mol. The smallest absolute Gasteiger partial charge is 0.257 e. The maximum atomic E-state index is 12.4. The molecule has 10 heteroatoms. The predicted molar refractivity (Wildman–Crippen MR) is 107 cm³/mol. The number of carbonyl (C=O) groups excluding carboxylic acids is 1. The molecule has 0 fully saturated rings. The molecule has 0 bridgehead atoms. The number of carbonyl (C=O) groups is 1. The van der Waals surface area contributed by atoms with E-state index < -0.39 is 15.9 Å². The van der Waals surface area contributed by atoms with Gasteiger partial charge < -0.3 is 4.74 Å². The van der Waals surface area contributed by atoms with E-state index in [1.807, 2.05) is 30.3 Å². The van der Waals surface area contributed by atoms with Gasteiger partial charge in [-0.05, 0) is 24.3 Å². The average Bonchev–Trinajstić information content (AvgIpc) is 3.17. The Bertz CT molecular complexity index is 1030. The van der Waals surface area contributed by atoms with Crippen LogP contribution in [0.2, 0.25) is 0 Å². The SMILES string of the molecule is COCCNS(=O)(=O)c1ccc(C(=O)Nc2nc(-c3ccccc3)ns2)cc1. The summed E-state index contributed by atoms with van der Waals surface area (Å²) in [5.74, 6) is 0.136. The van der Waals surface area contributed by atoms with E-state index in [2.05, 4.69) is 19.4 Å². The number of hydrogen-bond acceptors (Lipinski definition) is 7. The average molecular weight is 419 g/mol. The Kier molecular flexibility index (Phi) is 6.47. The van der Waals surface area contributed by atoms with Crippen LogP contribution in [-0.4, -0.2) is 43.9 Å². The maximum absolute atomic E-state index is 12.4. The third kappa shape index (κ3) is 4.98. The summed E-state index contributed by atoms with van der Waals surface area (Å²) in [6.45, 7) is 0.439. The van der Waals surface area contributed by atoms with E-state index in [0.29, 0.717) is 16.5 Å². The number of methoxy groups -OCH3 is 1. The summed E-state index contributed by atoms with van der Waals surface area (Å²) in [5.41, 5.74) is 1.17. The van der Waals surface area contributed by atoms with Crippen LogP contribution >= 0.6 is 11.5 Å². The number of amides is 1. The van der Waals surface area contributed by atoms with Gasteiger partial charge in [-0.15, -0.1) is 0 Å². The lowest BCUT2D eigenvalue weighted by atomic mass is 10.2. The molecule has 2 aromatic carbocycles. The summed E-state index contributed by atoms with van der Waals surface area (Å²) in [6, 6.07) is 15.1. The lowest BCUT2D eigenvalue weighted by molar-refractivity contribution is 0.102. The van der Waals surface area contributed by atoms with Gasteiger partial charge in [-0.3, -0.25) is 10.1 Å². The Hall–Kier alpha value is -2.66. The van der Waals surface area contributed by atoms with Crippen LogP contribution in [0.1, 0.15) is 10.4 Å². The fourth-order valence-corrected chi connectivity index (χ4v) is 3.89. The second kappa shape index (κ2) is 9.02. The van der Waals surface area contributed by atoms with Crippen LogP contribution < -0.4 is 10.0 Å². The van der Waals surface area contributed by atoms with Gasteiger partial charge in [-0.1, -0.05) is 30.3 Å². The van der Waals surface area contributed by atoms with Crippen molar-refractivity contribution in [3.8, 4) is 11.4 Å². The van der Waals surface area contributed by atoms with Gasteiger partial charge in [0.15, 0.2) is 5.82 Å². The number of hydrogen-bond donors (Lipinski definition) is 2. The molecule has 1 amide bonds. The Morgan fingerprint density at radius 2 is 1.82 bits per heavy atom. The minimum absolute atomic E-state index is 0.0717. The first-order valence-electron chi connectivity index (χ1n) is 8.29. The molecule has 1 aromatic heterocycles. The summed E-state index contributed by atoms with van der Waals surface area (Å²) < 4.78 is 35.7. The third-order valence-corrected chi connectivity index (χ3v) is 5.81. The van der Waals surface area contributed by atoms with Crippen LogP contribution in [0.25, 0.3) is 11.4 Å². The Labute approximate surface area is 166 Å². The molecule has 0 aliphatic carbocycles. The fraction of sp³-hybridized carbons (Fsp3) is 0.167. The fourth-order valence-electron chi connectivity index (χ4n) is 2.29. The number of benzene rings is 2. The van der Waals surface area contributed by atoms with Gasteiger partial charge in [0.2, 0.25) is 15.2 Å². The minimum Gasteiger partial charge on any atom is -0.383 e. The van der Waals surface area contributed by atoms with Gasteiger partial charge in [0, 0.05) is 36.3 Å². The van der Waals surface area contributed by atoms with Crippen LogP contribution in [0.3, 0.4) is 0 Å². The van der Waals surface area contributed by atoms with Crippen LogP contribution in [-0.2, 0) is 14.8 Å². The van der Waals surface area contributed by atoms with Crippen molar-refractivity contribution >= 4 is 32.6 Å². The normalized spacial score (nSPS) is 11.3. The lowest BCUT2D eigenvalue weighted by Crippen LogP contribution is -2.27. The van der Waals surface area contributed by atoms with Crippen molar-refractivity contribution < 1.29 is 17.9 Å². The summed E-state index contributed by atoms with van der Waals surface area (Å²) in [5, 5.41) is 3.04. The number of anilines is 1. The highest BCUT2D eigenvalue weighted by Crippen LogP contribution is 2.21. The molecule has 0 spiro atoms. The molecule has 146 valence electrons. The first-order valence-corrected chi connectivity index (χ1v) is 10.5. The minimum atomic E-state index is -3.64. The van der Waals surface area contributed by atoms with Gasteiger partial charge in [0.05, 0.1) is 11.5 Å². The van der Waals surface area contributed by atoms with Crippen molar-refractivity contribution in [3.63, 3.8) is 0 Å². The van der Waals surface area contributed by atoms with Crippen molar-refractivity contribution in [3.05, 3.63) is 60.2 Å². The zero-order valence-electron chi connectivity index (χ0n) is 15.0. The Morgan fingerprint density at radius 3 is 2.50 bits per heavy atom. The quantitative estimate of drug-likeness (QED) is 0.544. The third-order valence-electron chi connectivity index (χ3n) is 3.70. The molecule has 8 nitrogen and oxygen atoms in total. The van der Waals surface area contributed by atoms with E-state index in [-0.39, 0.29) is 18.0 Å². The van der Waals surface area contributed by atoms with Crippen LogP contribution in [0, 0.1) is 0 Å². The molecule has 3 rings (SSSR count). The second-order valence-electron chi connectivity index (χ2n) is 5.66. The molecule has 28 heavy (non-hydrogen) atoms. The standard InChI is InChI=1S/C18H18N4O4S2/c1-26-12-11-19-28(24,25)15-9-7-14(8-10-15)17(23)21-18-20-16(22-27-18)13-5-3-2-4-6-13/h2-10,19H,11-12H2,1H3,(H,20,21,22,23). The highest BCUT2D eigenvalue weighted by molar-refractivity contribution is 7.89. The maximum Gasteiger partial charge on any atom is 0.257 e. The number of nitrogens with zero attached hydrogens (tertiary/aromatic N) is 2. The largest absolute Gasteiger partial charge is 0.383 e. The highest BCUT2D eigenvalue weighted by atomic mass is 32.2. The van der Waals surface area contributed by atoms with Crippen molar-refractivity contribution in [2.45, 2.75) is 4.90 Å². The number of rotatable bonds is 8. The molecule has 3 aromatic rings. The molecule has 0 saturated heterocycles. The Morgan fingerprint density at radius 1 is 1.11 bits per heavy atom. The number of ether oxygens (including phenoxy) is 1. The molecule has 0 aliphatic rings. The van der Waals surface area contributed by atoms with Crippen LogP contribution in [0.5, 0.6) is 0 Å². The van der Waals surface area contributed by atoms with Gasteiger partial charge >= 0.3 is 0 Å². The molecule has 1 heterocycles. The molecular weight excluding hydrogens is 400 g/mol. The zero-order chi connectivity index (χ0) is 20.0. The number of aromatic nitrogens is 2. The lowest BCUT2D eigenvalue weighted by Gasteiger charge is -2.07. The van der Waals surface area contributed by atoms with E-state index >= 15 is 0 Å². The Balaban J connectivity index is 1.66. The van der Waals surface area contributed by atoms with Gasteiger partial charge in [0.25, 0.3) is 5.91 Å². The van der Waals surface area contributed by atoms with Crippen molar-refractivity contribution in [2.24, 2.45) is 0 Å². The van der Waals surface area contributed by atoms with Crippen molar-refractivity contribution in [2.75, 3.05) is 25.6 Å². The summed E-state index contributed by atoms with van der Waals surface area (Å²) >= 11 is 1.08. The van der Waals surface area contributed by atoms with Gasteiger partial charge in [-0.2, -0.15) is 9.36 Å².